The van der Waals surface area contributed by atoms with E-state index >= 15 is 0 Å². The highest BCUT2D eigenvalue weighted by atomic mass is 16.7. The Bertz CT molecular complexity index is 646. The van der Waals surface area contributed by atoms with E-state index < -0.39 is 5.97 Å². The van der Waals surface area contributed by atoms with Crippen LogP contribution in [0.25, 0.3) is 10.9 Å². The van der Waals surface area contributed by atoms with Crippen molar-refractivity contribution in [2.75, 3.05) is 0 Å². The fourth-order valence-corrected chi connectivity index (χ4v) is 1.69. The highest BCUT2D eigenvalue weighted by Crippen LogP contribution is 2.06. The second kappa shape index (κ2) is 5.00. The molecule has 18 heavy (non-hydrogen) atoms. The molecular weight excluding hydrogens is 232 g/mol. The van der Waals surface area contributed by atoms with E-state index in [1.807, 2.05) is 13.0 Å². The lowest BCUT2D eigenvalue weighted by Gasteiger charge is -2.09. The van der Waals surface area contributed by atoms with Gasteiger partial charge < -0.3 is 4.84 Å². The van der Waals surface area contributed by atoms with Crippen molar-refractivity contribution in [2.45, 2.75) is 26.7 Å². The molecular formula is C13H14N2O3. The number of aryl methyl sites for hydroxylation is 1. The maximum Gasteiger partial charge on any atom is 0.333 e. The van der Waals surface area contributed by atoms with Crippen molar-refractivity contribution in [3.63, 3.8) is 0 Å². The van der Waals surface area contributed by atoms with Crippen molar-refractivity contribution in [2.24, 2.45) is 0 Å². The fraction of sp³-hybridized carbons (Fsp3) is 0.308. The van der Waals surface area contributed by atoms with E-state index in [4.69, 9.17) is 4.84 Å². The molecule has 0 aliphatic heterocycles. The molecule has 0 amide bonds. The van der Waals surface area contributed by atoms with Gasteiger partial charge in [0.2, 0.25) is 0 Å². The first-order chi connectivity index (χ1) is 8.63. The van der Waals surface area contributed by atoms with Crippen LogP contribution in [0.4, 0.5) is 0 Å². The molecule has 2 aromatic rings. The van der Waals surface area contributed by atoms with Gasteiger partial charge in [0.25, 0.3) is 5.56 Å². The lowest BCUT2D eigenvalue weighted by Crippen LogP contribution is -2.33. The molecule has 1 aromatic carbocycles. The third-order valence-corrected chi connectivity index (χ3v) is 2.54. The van der Waals surface area contributed by atoms with E-state index in [9.17, 15) is 9.59 Å². The van der Waals surface area contributed by atoms with Crippen LogP contribution in [0.3, 0.4) is 0 Å². The molecule has 0 unspecified atom stereocenters. The van der Waals surface area contributed by atoms with Crippen molar-refractivity contribution in [3.05, 3.63) is 40.4 Å². The van der Waals surface area contributed by atoms with Gasteiger partial charge in [0.05, 0.1) is 10.9 Å². The Morgan fingerprint density at radius 3 is 2.83 bits per heavy atom. The summed E-state index contributed by atoms with van der Waals surface area (Å²) >= 11 is 0. The molecule has 0 radical (unpaired) electrons. The molecule has 0 saturated carbocycles. The van der Waals surface area contributed by atoms with E-state index in [2.05, 4.69) is 4.98 Å². The van der Waals surface area contributed by atoms with Crippen LogP contribution in [0.5, 0.6) is 0 Å². The smallest absolute Gasteiger partial charge is 0.332 e. The first-order valence-corrected chi connectivity index (χ1v) is 5.83. The Balaban J connectivity index is 2.51. The van der Waals surface area contributed by atoms with E-state index in [0.29, 0.717) is 23.1 Å². The minimum absolute atomic E-state index is 0.276. The summed E-state index contributed by atoms with van der Waals surface area (Å²) in [4.78, 5) is 32.8. The summed E-state index contributed by atoms with van der Waals surface area (Å²) < 4.78 is 0.959. The minimum Gasteiger partial charge on any atom is -0.332 e. The first-order valence-electron chi connectivity index (χ1n) is 5.83. The molecule has 0 atom stereocenters. The number of nitrogens with zero attached hydrogens (tertiary/aromatic N) is 2. The summed E-state index contributed by atoms with van der Waals surface area (Å²) in [7, 11) is 0. The van der Waals surface area contributed by atoms with Gasteiger partial charge in [-0.3, -0.25) is 4.79 Å². The van der Waals surface area contributed by atoms with Crippen LogP contribution in [0, 0.1) is 6.92 Å². The molecule has 5 heteroatoms. The Kier molecular flexibility index (Phi) is 3.41. The number of fused-ring (bicyclic) bond motifs is 1. The van der Waals surface area contributed by atoms with Crippen LogP contribution >= 0.6 is 0 Å². The molecule has 94 valence electrons. The molecule has 5 nitrogen and oxygen atoms in total. The van der Waals surface area contributed by atoms with E-state index in [1.54, 1.807) is 25.1 Å². The Morgan fingerprint density at radius 2 is 2.11 bits per heavy atom. The molecule has 0 spiro atoms. The lowest BCUT2D eigenvalue weighted by atomic mass is 10.2. The van der Waals surface area contributed by atoms with Gasteiger partial charge >= 0.3 is 5.97 Å². The predicted octanol–water partition coefficient (Wildman–Crippen LogP) is 1.46. The molecule has 0 saturated heterocycles. The third-order valence-electron chi connectivity index (χ3n) is 2.54. The van der Waals surface area contributed by atoms with Crippen LogP contribution < -0.4 is 10.4 Å². The Morgan fingerprint density at radius 1 is 1.39 bits per heavy atom. The van der Waals surface area contributed by atoms with Crippen molar-refractivity contribution in [1.29, 1.82) is 0 Å². The first kappa shape index (κ1) is 12.3. The number of carbonyl (C=O) groups excluding carboxylic acids is 1. The number of benzene rings is 1. The second-order valence-electron chi connectivity index (χ2n) is 3.99. The van der Waals surface area contributed by atoms with Crippen LogP contribution in [0.2, 0.25) is 0 Å². The van der Waals surface area contributed by atoms with Crippen molar-refractivity contribution in [3.8, 4) is 0 Å². The van der Waals surface area contributed by atoms with Crippen molar-refractivity contribution >= 4 is 16.9 Å². The lowest BCUT2D eigenvalue weighted by molar-refractivity contribution is -0.145. The molecule has 1 aromatic heterocycles. The van der Waals surface area contributed by atoms with Crippen molar-refractivity contribution in [1.82, 2.24) is 9.71 Å². The molecule has 2 rings (SSSR count). The van der Waals surface area contributed by atoms with Gasteiger partial charge in [-0.2, -0.15) is 0 Å². The van der Waals surface area contributed by atoms with Gasteiger partial charge in [0.15, 0.2) is 0 Å². The maximum atomic E-state index is 12.1. The molecule has 0 aliphatic rings. The van der Waals surface area contributed by atoms with Crippen LogP contribution in [-0.4, -0.2) is 15.7 Å². The molecule has 0 bridgehead atoms. The summed E-state index contributed by atoms with van der Waals surface area (Å²) in [5.41, 5.74) is 0.241. The number of hydrogen-bond acceptors (Lipinski definition) is 4. The number of rotatable bonds is 3. The maximum absolute atomic E-state index is 12.1. The molecule has 0 N–H and O–H groups in total. The Labute approximate surface area is 104 Å². The van der Waals surface area contributed by atoms with Gasteiger partial charge in [-0.05, 0) is 25.5 Å². The zero-order valence-electron chi connectivity index (χ0n) is 10.3. The summed E-state index contributed by atoms with van der Waals surface area (Å²) in [6, 6.07) is 6.97. The molecule has 0 aliphatic carbocycles. The summed E-state index contributed by atoms with van der Waals surface area (Å²) in [6.07, 6.45) is 0.951. The average Bonchev–Trinajstić information content (AvgIpc) is 2.35. The van der Waals surface area contributed by atoms with Crippen LogP contribution in [0.15, 0.2) is 29.1 Å². The second-order valence-corrected chi connectivity index (χ2v) is 3.99. The molecule has 1 heterocycles. The van der Waals surface area contributed by atoms with Gasteiger partial charge in [-0.1, -0.05) is 19.1 Å². The Hall–Kier alpha value is -2.17. The monoisotopic (exact) mass is 246 g/mol. The van der Waals surface area contributed by atoms with Gasteiger partial charge in [-0.15, -0.1) is 4.73 Å². The summed E-state index contributed by atoms with van der Waals surface area (Å²) in [5, 5.41) is 0.437. The van der Waals surface area contributed by atoms with E-state index in [-0.39, 0.29) is 12.0 Å². The van der Waals surface area contributed by atoms with E-state index in [0.717, 1.165) is 4.73 Å². The number of hydrogen-bond donors (Lipinski definition) is 0. The minimum atomic E-state index is -0.431. The fourth-order valence-electron chi connectivity index (χ4n) is 1.69. The highest BCUT2D eigenvalue weighted by Gasteiger charge is 2.11. The highest BCUT2D eigenvalue weighted by molar-refractivity contribution is 5.77. The summed E-state index contributed by atoms with van der Waals surface area (Å²) in [5.74, 6) is -0.0667. The third kappa shape index (κ3) is 2.25. The standard InChI is InChI=1S/C13H14N2O3/c1-3-6-12(16)18-15-9(2)14-11-8-5-4-7-10(11)13(15)17/h4-5,7-8H,3,6H2,1-2H3. The predicted molar refractivity (Wildman–Crippen MR) is 67.2 cm³/mol. The van der Waals surface area contributed by atoms with E-state index in [1.165, 1.54) is 0 Å². The molecule has 0 fully saturated rings. The number of para-hydroxylation sites is 1. The van der Waals surface area contributed by atoms with Crippen LogP contribution in [0.1, 0.15) is 25.6 Å². The van der Waals surface area contributed by atoms with Gasteiger partial charge in [0, 0.05) is 6.42 Å². The number of carbonyl (C=O) groups is 1. The SMILES string of the molecule is CCCC(=O)On1c(C)nc2ccccc2c1=O. The number of aromatic nitrogens is 2. The quantitative estimate of drug-likeness (QED) is 0.822. The average molecular weight is 246 g/mol. The van der Waals surface area contributed by atoms with Crippen LogP contribution in [-0.2, 0) is 4.79 Å². The summed E-state index contributed by atoms with van der Waals surface area (Å²) in [6.45, 7) is 3.50. The van der Waals surface area contributed by atoms with Crippen molar-refractivity contribution < 1.29 is 9.63 Å². The normalized spacial score (nSPS) is 10.6. The topological polar surface area (TPSA) is 61.2 Å². The van der Waals surface area contributed by atoms with Gasteiger partial charge in [-0.25, -0.2) is 9.78 Å². The van der Waals surface area contributed by atoms with Gasteiger partial charge in [0.1, 0.15) is 5.82 Å². The largest absolute Gasteiger partial charge is 0.333 e. The zero-order chi connectivity index (χ0) is 13.1. The zero-order valence-corrected chi connectivity index (χ0v) is 10.3.